The molecular weight excluding hydrogens is 256 g/mol. The van der Waals surface area contributed by atoms with Crippen molar-refractivity contribution in [2.45, 2.75) is 25.4 Å². The molecule has 0 unspecified atom stereocenters. The molecule has 0 saturated carbocycles. The van der Waals surface area contributed by atoms with Crippen molar-refractivity contribution in [3.63, 3.8) is 0 Å². The van der Waals surface area contributed by atoms with Gasteiger partial charge in [-0.3, -0.25) is 9.88 Å². The average molecular weight is 274 g/mol. The van der Waals surface area contributed by atoms with Crippen LogP contribution in [0.15, 0.2) is 30.0 Å². The average Bonchev–Trinajstić information content (AvgIpc) is 3.11. The molecule has 1 saturated heterocycles. The lowest BCUT2D eigenvalue weighted by molar-refractivity contribution is 0.250. The number of aromatic nitrogens is 2. The summed E-state index contributed by atoms with van der Waals surface area (Å²) in [6, 6.07) is 4.81. The molecule has 0 aliphatic carbocycles. The summed E-state index contributed by atoms with van der Waals surface area (Å²) in [6.45, 7) is 2.17. The first-order valence-corrected chi connectivity index (χ1v) is 7.50. The molecule has 0 aromatic carbocycles. The molecule has 4 nitrogen and oxygen atoms in total. The van der Waals surface area contributed by atoms with E-state index < -0.39 is 0 Å². The number of nitrogens with one attached hydrogen (secondary N) is 1. The number of rotatable bonds is 4. The quantitative estimate of drug-likeness (QED) is 0.930. The minimum atomic E-state index is 0.511. The van der Waals surface area contributed by atoms with Crippen molar-refractivity contribution >= 4 is 17.2 Å². The molecule has 19 heavy (non-hydrogen) atoms. The van der Waals surface area contributed by atoms with Gasteiger partial charge in [-0.15, -0.1) is 11.3 Å². The standard InChI is InChI=1S/C14H18N4S/c1-15-14-7-11(4-5-17-14)13-3-2-6-18(13)9-12-8-16-10-19-12/h4-5,7-8,10,13H,2-3,6,9H2,1H3,(H,15,17)/t13-/m0/s1. The number of anilines is 1. The van der Waals surface area contributed by atoms with E-state index in [1.165, 1.54) is 29.8 Å². The highest BCUT2D eigenvalue weighted by atomic mass is 32.1. The van der Waals surface area contributed by atoms with Crippen LogP contribution in [0.25, 0.3) is 0 Å². The van der Waals surface area contributed by atoms with Gasteiger partial charge in [0.15, 0.2) is 0 Å². The van der Waals surface area contributed by atoms with Crippen LogP contribution in [0.4, 0.5) is 5.82 Å². The second-order valence-corrected chi connectivity index (χ2v) is 5.79. The van der Waals surface area contributed by atoms with Gasteiger partial charge < -0.3 is 5.32 Å². The molecule has 0 spiro atoms. The molecule has 1 aliphatic heterocycles. The largest absolute Gasteiger partial charge is 0.373 e. The lowest BCUT2D eigenvalue weighted by Gasteiger charge is -2.24. The summed E-state index contributed by atoms with van der Waals surface area (Å²) >= 11 is 1.74. The highest BCUT2D eigenvalue weighted by molar-refractivity contribution is 7.09. The van der Waals surface area contributed by atoms with Crippen LogP contribution >= 0.6 is 11.3 Å². The predicted octanol–water partition coefficient (Wildman–Crippen LogP) is 2.92. The zero-order chi connectivity index (χ0) is 13.1. The monoisotopic (exact) mass is 274 g/mol. The lowest BCUT2D eigenvalue weighted by Crippen LogP contribution is -2.22. The van der Waals surface area contributed by atoms with Gasteiger partial charge in [0.1, 0.15) is 5.82 Å². The van der Waals surface area contributed by atoms with Gasteiger partial charge in [0.25, 0.3) is 0 Å². The maximum Gasteiger partial charge on any atom is 0.125 e. The second kappa shape index (κ2) is 5.67. The molecule has 1 aliphatic rings. The SMILES string of the molecule is CNc1cc([C@@H]2CCCN2Cc2cncs2)ccn1. The van der Waals surface area contributed by atoms with Gasteiger partial charge in [0.2, 0.25) is 0 Å². The van der Waals surface area contributed by atoms with E-state index in [4.69, 9.17) is 0 Å². The Bertz CT molecular complexity index is 526. The minimum Gasteiger partial charge on any atom is -0.373 e. The molecule has 5 heteroatoms. The van der Waals surface area contributed by atoms with E-state index >= 15 is 0 Å². The third-order valence-electron chi connectivity index (χ3n) is 3.63. The van der Waals surface area contributed by atoms with E-state index in [0.717, 1.165) is 12.4 Å². The zero-order valence-corrected chi connectivity index (χ0v) is 11.9. The first kappa shape index (κ1) is 12.6. The van der Waals surface area contributed by atoms with Crippen molar-refractivity contribution in [3.8, 4) is 0 Å². The molecule has 0 bridgehead atoms. The fourth-order valence-corrected chi connectivity index (χ4v) is 3.32. The Morgan fingerprint density at radius 2 is 2.47 bits per heavy atom. The maximum atomic E-state index is 4.29. The number of thiazole rings is 1. The first-order chi connectivity index (χ1) is 9.36. The Kier molecular flexibility index (Phi) is 3.75. The predicted molar refractivity (Wildman–Crippen MR) is 78.3 cm³/mol. The van der Waals surface area contributed by atoms with Gasteiger partial charge in [0.05, 0.1) is 5.51 Å². The third kappa shape index (κ3) is 2.77. The van der Waals surface area contributed by atoms with Gasteiger partial charge in [-0.2, -0.15) is 0 Å². The fraction of sp³-hybridized carbons (Fsp3) is 0.429. The Morgan fingerprint density at radius 3 is 3.26 bits per heavy atom. The molecule has 100 valence electrons. The molecule has 3 rings (SSSR count). The summed E-state index contributed by atoms with van der Waals surface area (Å²) < 4.78 is 0. The van der Waals surface area contributed by atoms with Crippen LogP contribution in [0.3, 0.4) is 0 Å². The van der Waals surface area contributed by atoms with Crippen LogP contribution in [-0.2, 0) is 6.54 Å². The number of nitrogens with zero attached hydrogens (tertiary/aromatic N) is 3. The molecule has 3 heterocycles. The van der Waals surface area contributed by atoms with Crippen LogP contribution < -0.4 is 5.32 Å². The van der Waals surface area contributed by atoms with E-state index in [0.29, 0.717) is 6.04 Å². The molecule has 1 atom stereocenters. The van der Waals surface area contributed by atoms with E-state index in [2.05, 4.69) is 32.3 Å². The zero-order valence-electron chi connectivity index (χ0n) is 11.0. The van der Waals surface area contributed by atoms with Crippen LogP contribution in [0.1, 0.15) is 29.3 Å². The fourth-order valence-electron chi connectivity index (χ4n) is 2.70. The summed E-state index contributed by atoms with van der Waals surface area (Å²) in [5, 5.41) is 3.11. The van der Waals surface area contributed by atoms with Gasteiger partial charge in [-0.1, -0.05) is 0 Å². The van der Waals surface area contributed by atoms with Gasteiger partial charge >= 0.3 is 0 Å². The molecule has 0 amide bonds. The number of hydrogen-bond acceptors (Lipinski definition) is 5. The summed E-state index contributed by atoms with van der Waals surface area (Å²) in [5.74, 6) is 0.946. The maximum absolute atomic E-state index is 4.29. The topological polar surface area (TPSA) is 41.0 Å². The molecule has 2 aromatic rings. The highest BCUT2D eigenvalue weighted by Crippen LogP contribution is 2.34. The summed E-state index contributed by atoms with van der Waals surface area (Å²) in [6.07, 6.45) is 6.36. The molecule has 1 fully saturated rings. The van der Waals surface area contributed by atoms with Gasteiger partial charge in [-0.05, 0) is 37.1 Å². The second-order valence-electron chi connectivity index (χ2n) is 4.82. The van der Waals surface area contributed by atoms with Crippen LogP contribution in [-0.4, -0.2) is 28.5 Å². The molecular formula is C14H18N4S. The normalized spacial score (nSPS) is 19.7. The van der Waals surface area contributed by atoms with E-state index in [1.807, 2.05) is 25.0 Å². The summed E-state index contributed by atoms with van der Waals surface area (Å²) in [5.41, 5.74) is 3.27. The lowest BCUT2D eigenvalue weighted by atomic mass is 10.1. The van der Waals surface area contributed by atoms with Crippen LogP contribution in [0.5, 0.6) is 0 Å². The Hall–Kier alpha value is -1.46. The van der Waals surface area contributed by atoms with E-state index in [9.17, 15) is 0 Å². The molecule has 1 N–H and O–H groups in total. The third-order valence-corrected chi connectivity index (χ3v) is 4.40. The van der Waals surface area contributed by atoms with Crippen LogP contribution in [0, 0.1) is 0 Å². The van der Waals surface area contributed by atoms with Crippen LogP contribution in [0.2, 0.25) is 0 Å². The molecule has 0 radical (unpaired) electrons. The first-order valence-electron chi connectivity index (χ1n) is 6.62. The van der Waals surface area contributed by atoms with E-state index in [-0.39, 0.29) is 0 Å². The van der Waals surface area contributed by atoms with E-state index in [1.54, 1.807) is 11.3 Å². The number of hydrogen-bond donors (Lipinski definition) is 1. The minimum absolute atomic E-state index is 0.511. The van der Waals surface area contributed by atoms with Crippen molar-refractivity contribution in [2.75, 3.05) is 18.9 Å². The summed E-state index contributed by atoms with van der Waals surface area (Å²) in [4.78, 5) is 12.3. The smallest absolute Gasteiger partial charge is 0.125 e. The van der Waals surface area contributed by atoms with Crippen molar-refractivity contribution in [3.05, 3.63) is 40.5 Å². The van der Waals surface area contributed by atoms with Crippen molar-refractivity contribution in [1.82, 2.24) is 14.9 Å². The Balaban J connectivity index is 1.78. The number of pyridine rings is 1. The van der Waals surface area contributed by atoms with Gasteiger partial charge in [-0.25, -0.2) is 4.98 Å². The Labute approximate surface area is 117 Å². The highest BCUT2D eigenvalue weighted by Gasteiger charge is 2.26. The van der Waals surface area contributed by atoms with Crippen molar-refractivity contribution < 1.29 is 0 Å². The number of likely N-dealkylation sites (tertiary alicyclic amines) is 1. The Morgan fingerprint density at radius 1 is 1.53 bits per heavy atom. The van der Waals surface area contributed by atoms with Gasteiger partial charge in [0, 0.05) is 36.9 Å². The van der Waals surface area contributed by atoms with Crippen molar-refractivity contribution in [1.29, 1.82) is 0 Å². The van der Waals surface area contributed by atoms with Crippen molar-refractivity contribution in [2.24, 2.45) is 0 Å². The summed E-state index contributed by atoms with van der Waals surface area (Å²) in [7, 11) is 1.91. The molecule has 2 aromatic heterocycles.